The van der Waals surface area contributed by atoms with Gasteiger partial charge >= 0.3 is 0 Å². The van der Waals surface area contributed by atoms with Crippen molar-refractivity contribution in [2.75, 3.05) is 20.2 Å². The Morgan fingerprint density at radius 2 is 1.97 bits per heavy atom. The zero-order valence-electron chi connectivity index (χ0n) is 16.6. The summed E-state index contributed by atoms with van der Waals surface area (Å²) in [4.78, 5) is 14.6. The number of carbonyl (C=O) groups excluding carboxylic acids is 1. The van der Waals surface area contributed by atoms with E-state index in [2.05, 4.69) is 10.2 Å². The highest BCUT2D eigenvalue weighted by atomic mass is 16.5. The lowest BCUT2D eigenvalue weighted by atomic mass is 10.00. The van der Waals surface area contributed by atoms with Crippen LogP contribution in [0.1, 0.15) is 21.7 Å². The number of carbonyl (C=O) groups is 1. The summed E-state index contributed by atoms with van der Waals surface area (Å²) in [6.45, 7) is 2.83. The maximum absolute atomic E-state index is 12.9. The third kappa shape index (κ3) is 4.17. The smallest absolute Gasteiger partial charge is 0.253 e. The van der Waals surface area contributed by atoms with Gasteiger partial charge in [-0.05, 0) is 54.8 Å². The largest absolute Gasteiger partial charge is 0.497 e. The van der Waals surface area contributed by atoms with Crippen molar-refractivity contribution in [2.24, 2.45) is 5.92 Å². The maximum atomic E-state index is 12.9. The number of aliphatic hydroxyl groups is 1. The first-order chi connectivity index (χ1) is 14.0. The number of nitrogens with zero attached hydrogens (tertiary/aromatic N) is 2. The second kappa shape index (κ2) is 8.09. The number of methoxy groups -OCH3 is 1. The Morgan fingerprint density at radius 1 is 1.17 bits per heavy atom. The number of benzene rings is 2. The molecule has 0 radical (unpaired) electrons. The minimum atomic E-state index is -0.535. The second-order valence-electron chi connectivity index (χ2n) is 7.59. The van der Waals surface area contributed by atoms with E-state index < -0.39 is 6.10 Å². The lowest BCUT2D eigenvalue weighted by Gasteiger charge is -2.16. The highest BCUT2D eigenvalue weighted by molar-refractivity contribution is 5.95. The number of aryl methyl sites for hydroxylation is 1. The number of amides is 1. The quantitative estimate of drug-likeness (QED) is 0.701. The predicted octanol–water partition coefficient (Wildman–Crippen LogP) is 3.07. The Morgan fingerprint density at radius 3 is 2.66 bits per heavy atom. The fraction of sp³-hybridized carbons (Fsp3) is 0.304. The minimum Gasteiger partial charge on any atom is -0.497 e. The Kier molecular flexibility index (Phi) is 5.36. The number of aromatic amines is 1. The van der Waals surface area contributed by atoms with Crippen LogP contribution in [0.25, 0.3) is 11.1 Å². The van der Waals surface area contributed by atoms with Crippen LogP contribution in [0.2, 0.25) is 0 Å². The predicted molar refractivity (Wildman–Crippen MR) is 111 cm³/mol. The topological polar surface area (TPSA) is 78.5 Å². The summed E-state index contributed by atoms with van der Waals surface area (Å²) in [5, 5.41) is 17.6. The number of likely N-dealkylation sites (tertiary alicyclic amines) is 1. The van der Waals surface area contributed by atoms with Crippen LogP contribution >= 0.6 is 0 Å². The summed E-state index contributed by atoms with van der Waals surface area (Å²) in [7, 11) is 1.64. The molecule has 0 bridgehead atoms. The van der Waals surface area contributed by atoms with Crippen LogP contribution in [-0.4, -0.2) is 52.4 Å². The summed E-state index contributed by atoms with van der Waals surface area (Å²) in [6, 6.07) is 17.4. The number of aromatic nitrogens is 2. The van der Waals surface area contributed by atoms with Crippen LogP contribution < -0.4 is 4.74 Å². The van der Waals surface area contributed by atoms with Crippen molar-refractivity contribution in [3.8, 4) is 16.9 Å². The molecule has 0 spiro atoms. The van der Waals surface area contributed by atoms with Gasteiger partial charge in [-0.2, -0.15) is 5.10 Å². The molecule has 1 aliphatic heterocycles. The fourth-order valence-electron chi connectivity index (χ4n) is 3.86. The van der Waals surface area contributed by atoms with Crippen molar-refractivity contribution in [1.82, 2.24) is 15.1 Å². The van der Waals surface area contributed by atoms with E-state index in [1.165, 1.54) is 0 Å². The number of β-amino-alcohol motifs (C(OH)–C–C–N with tert-alkyl or cyclic N) is 1. The van der Waals surface area contributed by atoms with Crippen molar-refractivity contribution in [2.45, 2.75) is 19.4 Å². The van der Waals surface area contributed by atoms with Gasteiger partial charge in [0.25, 0.3) is 5.91 Å². The molecule has 4 rings (SSSR count). The van der Waals surface area contributed by atoms with Crippen LogP contribution in [0.3, 0.4) is 0 Å². The molecule has 0 saturated carbocycles. The fourth-order valence-corrected chi connectivity index (χ4v) is 3.86. The molecule has 1 aromatic heterocycles. The standard InChI is InChI=1S/C23H25N3O3/c1-15-10-20(25-24-15)11-19-13-26(14-22(19)27)23(28)17-8-6-16(7-9-17)18-4-3-5-21(12-18)29-2/h3-10,12,19,22,27H,11,13-14H2,1-2H3,(H,24,25)/t19-,22+/m1/s1. The van der Waals surface area contributed by atoms with Crippen LogP contribution in [0.5, 0.6) is 5.75 Å². The summed E-state index contributed by atoms with van der Waals surface area (Å²) < 4.78 is 5.28. The van der Waals surface area contributed by atoms with E-state index in [0.29, 0.717) is 25.1 Å². The number of aliphatic hydroxyl groups excluding tert-OH is 1. The van der Waals surface area contributed by atoms with Gasteiger partial charge in [0.2, 0.25) is 0 Å². The van der Waals surface area contributed by atoms with Gasteiger partial charge in [0, 0.05) is 30.3 Å². The van der Waals surface area contributed by atoms with E-state index >= 15 is 0 Å². The highest BCUT2D eigenvalue weighted by Crippen LogP contribution is 2.26. The van der Waals surface area contributed by atoms with E-state index in [1.54, 1.807) is 12.0 Å². The number of hydrogen-bond acceptors (Lipinski definition) is 4. The normalized spacial score (nSPS) is 18.8. The zero-order chi connectivity index (χ0) is 20.4. The van der Waals surface area contributed by atoms with Crippen molar-refractivity contribution < 1.29 is 14.6 Å². The molecule has 1 amide bonds. The van der Waals surface area contributed by atoms with E-state index in [9.17, 15) is 9.90 Å². The first-order valence-corrected chi connectivity index (χ1v) is 9.76. The molecule has 2 atom stereocenters. The van der Waals surface area contributed by atoms with Gasteiger partial charge < -0.3 is 14.7 Å². The molecule has 1 aliphatic rings. The van der Waals surface area contributed by atoms with Crippen molar-refractivity contribution >= 4 is 5.91 Å². The van der Waals surface area contributed by atoms with Crippen LogP contribution in [-0.2, 0) is 6.42 Å². The first-order valence-electron chi connectivity index (χ1n) is 9.76. The molecule has 2 aromatic carbocycles. The lowest BCUT2D eigenvalue weighted by molar-refractivity contribution is 0.0764. The molecule has 2 N–H and O–H groups in total. The van der Waals surface area contributed by atoms with Gasteiger partial charge in [0.15, 0.2) is 0 Å². The SMILES string of the molecule is COc1cccc(-c2ccc(C(=O)N3C[C@@H](Cc4cc(C)[nH]n4)[C@@H](O)C3)cc2)c1. The Bertz CT molecular complexity index is 997. The Labute approximate surface area is 170 Å². The number of H-pyrrole nitrogens is 1. The van der Waals surface area contributed by atoms with E-state index in [4.69, 9.17) is 4.74 Å². The molecular formula is C23H25N3O3. The van der Waals surface area contributed by atoms with E-state index in [0.717, 1.165) is 28.3 Å². The van der Waals surface area contributed by atoms with Gasteiger partial charge in [0.05, 0.1) is 18.9 Å². The average molecular weight is 391 g/mol. The van der Waals surface area contributed by atoms with Crippen molar-refractivity contribution in [1.29, 1.82) is 0 Å². The average Bonchev–Trinajstić information content (AvgIpc) is 3.33. The highest BCUT2D eigenvalue weighted by Gasteiger charge is 2.34. The number of hydrogen-bond donors (Lipinski definition) is 2. The van der Waals surface area contributed by atoms with Crippen LogP contribution in [0.15, 0.2) is 54.6 Å². The molecule has 29 heavy (non-hydrogen) atoms. The third-order valence-electron chi connectivity index (χ3n) is 5.46. The van der Waals surface area contributed by atoms with Crippen LogP contribution in [0, 0.1) is 12.8 Å². The molecule has 1 fully saturated rings. The molecule has 3 aromatic rings. The molecule has 6 heteroatoms. The van der Waals surface area contributed by atoms with Crippen molar-refractivity contribution in [3.63, 3.8) is 0 Å². The molecule has 150 valence electrons. The monoisotopic (exact) mass is 391 g/mol. The summed E-state index contributed by atoms with van der Waals surface area (Å²) in [5.74, 6) is 0.742. The second-order valence-corrected chi connectivity index (χ2v) is 7.59. The Hall–Kier alpha value is -3.12. The molecule has 2 heterocycles. The number of ether oxygens (including phenoxy) is 1. The maximum Gasteiger partial charge on any atom is 0.253 e. The van der Waals surface area contributed by atoms with Gasteiger partial charge in [-0.3, -0.25) is 9.89 Å². The Balaban J connectivity index is 1.44. The zero-order valence-corrected chi connectivity index (χ0v) is 16.6. The first kappa shape index (κ1) is 19.2. The van der Waals surface area contributed by atoms with E-state index in [-0.39, 0.29) is 11.8 Å². The lowest BCUT2D eigenvalue weighted by Crippen LogP contribution is -2.29. The molecule has 0 unspecified atom stereocenters. The number of nitrogens with one attached hydrogen (secondary N) is 1. The van der Waals surface area contributed by atoms with Gasteiger partial charge in [-0.1, -0.05) is 24.3 Å². The molecular weight excluding hydrogens is 366 g/mol. The summed E-state index contributed by atoms with van der Waals surface area (Å²) >= 11 is 0. The van der Waals surface area contributed by atoms with Gasteiger partial charge in [0.1, 0.15) is 5.75 Å². The molecule has 6 nitrogen and oxygen atoms in total. The van der Waals surface area contributed by atoms with Crippen molar-refractivity contribution in [3.05, 3.63) is 71.5 Å². The van der Waals surface area contributed by atoms with Crippen LogP contribution in [0.4, 0.5) is 0 Å². The van der Waals surface area contributed by atoms with Gasteiger partial charge in [-0.25, -0.2) is 0 Å². The van der Waals surface area contributed by atoms with E-state index in [1.807, 2.05) is 61.5 Å². The molecule has 0 aliphatic carbocycles. The number of rotatable bonds is 5. The summed E-state index contributed by atoms with van der Waals surface area (Å²) in [6.07, 6.45) is 0.122. The van der Waals surface area contributed by atoms with Gasteiger partial charge in [-0.15, -0.1) is 0 Å². The summed E-state index contributed by atoms with van der Waals surface area (Å²) in [5.41, 5.74) is 4.60. The minimum absolute atomic E-state index is 0.00212. The third-order valence-corrected chi connectivity index (χ3v) is 5.46. The molecule has 1 saturated heterocycles.